The summed E-state index contributed by atoms with van der Waals surface area (Å²) in [6.45, 7) is -0.0143. The maximum Gasteiger partial charge on any atom is 0.389 e. The fourth-order valence-electron chi connectivity index (χ4n) is 2.08. The molecule has 2 heterocycles. The van der Waals surface area contributed by atoms with Crippen molar-refractivity contribution >= 4 is 29.0 Å². The van der Waals surface area contributed by atoms with Crippen molar-refractivity contribution in [1.29, 1.82) is 0 Å². The zero-order valence-corrected chi connectivity index (χ0v) is 14.0. The van der Waals surface area contributed by atoms with Crippen molar-refractivity contribution in [2.45, 2.75) is 13.3 Å². The smallest absolute Gasteiger partial charge is 0.389 e. The van der Waals surface area contributed by atoms with Crippen molar-refractivity contribution in [1.82, 2.24) is 19.6 Å². The number of amides is 1. The van der Waals surface area contributed by atoms with Gasteiger partial charge in [-0.1, -0.05) is 17.7 Å². The van der Waals surface area contributed by atoms with E-state index in [9.17, 15) is 14.9 Å². The Hall–Kier alpha value is -3.40. The van der Waals surface area contributed by atoms with E-state index in [1.807, 2.05) is 0 Å². The highest BCUT2D eigenvalue weighted by molar-refractivity contribution is 6.30. The van der Waals surface area contributed by atoms with Gasteiger partial charge < -0.3 is 20.2 Å². The molecule has 3 rings (SSSR count). The molecule has 3 aromatic rings. The Kier molecular flexibility index (Phi) is 5.13. The van der Waals surface area contributed by atoms with Gasteiger partial charge in [-0.25, -0.2) is 4.68 Å². The molecular weight excluding hydrogens is 364 g/mol. The summed E-state index contributed by atoms with van der Waals surface area (Å²) in [6.07, 6.45) is 4.42. The number of nitrogens with zero attached hydrogens (tertiary/aromatic N) is 5. The number of nitro groups is 1. The highest BCUT2D eigenvalue weighted by Crippen LogP contribution is 2.17. The van der Waals surface area contributed by atoms with E-state index in [0.717, 1.165) is 0 Å². The standard InChI is InChI=1S/C15H13ClN6O4/c16-11-2-1-3-13(6-11)26-10-21-8-12(7-17-21)18-15(23)9-20-5-4-14(19-20)22(24)25/h1-8H,9-10H2,(H,18,23). The number of nitrogens with one attached hydrogen (secondary N) is 1. The lowest BCUT2D eigenvalue weighted by Gasteiger charge is -2.06. The van der Waals surface area contributed by atoms with Crippen LogP contribution in [0, 0.1) is 10.1 Å². The van der Waals surface area contributed by atoms with Crippen LogP contribution in [-0.2, 0) is 18.1 Å². The van der Waals surface area contributed by atoms with Gasteiger partial charge in [0.15, 0.2) is 6.73 Å². The summed E-state index contributed by atoms with van der Waals surface area (Å²) in [7, 11) is 0. The Morgan fingerprint density at radius 1 is 1.35 bits per heavy atom. The van der Waals surface area contributed by atoms with Gasteiger partial charge in [0.05, 0.1) is 35.4 Å². The van der Waals surface area contributed by atoms with Crippen molar-refractivity contribution in [2.75, 3.05) is 5.32 Å². The molecule has 1 aromatic carbocycles. The molecule has 0 spiro atoms. The lowest BCUT2D eigenvalue weighted by Crippen LogP contribution is -2.18. The number of hydrogen-bond acceptors (Lipinski definition) is 6. The monoisotopic (exact) mass is 376 g/mol. The van der Waals surface area contributed by atoms with E-state index in [0.29, 0.717) is 16.5 Å². The van der Waals surface area contributed by atoms with Gasteiger partial charge in [-0.3, -0.25) is 4.79 Å². The molecule has 0 saturated carbocycles. The zero-order chi connectivity index (χ0) is 18.5. The van der Waals surface area contributed by atoms with Crippen LogP contribution in [0.15, 0.2) is 48.9 Å². The highest BCUT2D eigenvalue weighted by Gasteiger charge is 2.14. The minimum atomic E-state index is -0.627. The molecule has 0 saturated heterocycles. The second-order valence-corrected chi connectivity index (χ2v) is 5.61. The molecular formula is C15H13ClN6O4. The van der Waals surface area contributed by atoms with Crippen LogP contribution in [-0.4, -0.2) is 30.4 Å². The molecule has 0 aliphatic rings. The van der Waals surface area contributed by atoms with E-state index in [2.05, 4.69) is 15.5 Å². The number of carbonyl (C=O) groups excluding carboxylic acids is 1. The van der Waals surface area contributed by atoms with Crippen LogP contribution in [0.25, 0.3) is 0 Å². The van der Waals surface area contributed by atoms with Crippen LogP contribution in [0.1, 0.15) is 0 Å². The first-order chi connectivity index (χ1) is 12.5. The average Bonchev–Trinajstić information content (AvgIpc) is 3.22. The number of halogens is 1. The van der Waals surface area contributed by atoms with Crippen LogP contribution >= 0.6 is 11.6 Å². The molecule has 1 N–H and O–H groups in total. The third-order valence-electron chi connectivity index (χ3n) is 3.20. The van der Waals surface area contributed by atoms with Crippen molar-refractivity contribution in [2.24, 2.45) is 0 Å². The highest BCUT2D eigenvalue weighted by atomic mass is 35.5. The molecule has 26 heavy (non-hydrogen) atoms. The van der Waals surface area contributed by atoms with E-state index in [4.69, 9.17) is 16.3 Å². The van der Waals surface area contributed by atoms with E-state index >= 15 is 0 Å². The zero-order valence-electron chi connectivity index (χ0n) is 13.3. The van der Waals surface area contributed by atoms with Crippen molar-refractivity contribution < 1.29 is 14.5 Å². The number of rotatable bonds is 7. The Morgan fingerprint density at radius 3 is 2.92 bits per heavy atom. The van der Waals surface area contributed by atoms with Crippen molar-refractivity contribution in [3.8, 4) is 5.75 Å². The summed E-state index contributed by atoms with van der Waals surface area (Å²) in [6, 6.07) is 8.17. The Labute approximate surface area is 152 Å². The molecule has 10 nitrogen and oxygen atoms in total. The summed E-state index contributed by atoms with van der Waals surface area (Å²) in [5.74, 6) is -0.110. The Bertz CT molecular complexity index is 938. The van der Waals surface area contributed by atoms with Crippen LogP contribution in [0.4, 0.5) is 11.5 Å². The van der Waals surface area contributed by atoms with Gasteiger partial charge in [-0.15, -0.1) is 0 Å². The third kappa shape index (κ3) is 4.57. The number of ether oxygens (including phenoxy) is 1. The predicted molar refractivity (Wildman–Crippen MR) is 91.8 cm³/mol. The summed E-state index contributed by atoms with van der Waals surface area (Å²) < 4.78 is 8.21. The van der Waals surface area contributed by atoms with E-state index in [1.165, 1.54) is 27.8 Å². The quantitative estimate of drug-likeness (QED) is 0.499. The Balaban J connectivity index is 1.52. The van der Waals surface area contributed by atoms with E-state index in [1.54, 1.807) is 30.5 Å². The van der Waals surface area contributed by atoms with Crippen LogP contribution in [0.3, 0.4) is 0 Å². The minimum absolute atomic E-state index is 0.140. The van der Waals surface area contributed by atoms with Gasteiger partial charge in [0.2, 0.25) is 5.91 Å². The Morgan fingerprint density at radius 2 is 2.19 bits per heavy atom. The van der Waals surface area contributed by atoms with Crippen LogP contribution in [0.5, 0.6) is 5.75 Å². The molecule has 134 valence electrons. The molecule has 0 radical (unpaired) electrons. The second-order valence-electron chi connectivity index (χ2n) is 5.18. The molecule has 11 heteroatoms. The van der Waals surface area contributed by atoms with E-state index < -0.39 is 10.8 Å². The van der Waals surface area contributed by atoms with Gasteiger partial charge in [0.25, 0.3) is 0 Å². The first kappa shape index (κ1) is 17.4. The fourth-order valence-corrected chi connectivity index (χ4v) is 2.26. The lowest BCUT2D eigenvalue weighted by molar-refractivity contribution is -0.389. The molecule has 2 aromatic heterocycles. The van der Waals surface area contributed by atoms with Gasteiger partial charge >= 0.3 is 5.82 Å². The minimum Gasteiger partial charge on any atom is -0.471 e. The van der Waals surface area contributed by atoms with Gasteiger partial charge in [-0.05, 0) is 23.1 Å². The normalized spacial score (nSPS) is 10.5. The number of aromatic nitrogens is 4. The lowest BCUT2D eigenvalue weighted by atomic mass is 10.3. The second kappa shape index (κ2) is 7.66. The third-order valence-corrected chi connectivity index (χ3v) is 3.43. The molecule has 1 amide bonds. The van der Waals surface area contributed by atoms with Crippen LogP contribution < -0.4 is 10.1 Å². The van der Waals surface area contributed by atoms with Crippen molar-refractivity contribution in [3.05, 3.63) is 64.1 Å². The molecule has 0 aliphatic heterocycles. The van der Waals surface area contributed by atoms with Gasteiger partial charge in [0, 0.05) is 5.02 Å². The molecule has 0 fully saturated rings. The average molecular weight is 377 g/mol. The first-order valence-electron chi connectivity index (χ1n) is 7.38. The summed E-state index contributed by atoms with van der Waals surface area (Å²) in [5.41, 5.74) is 0.464. The topological polar surface area (TPSA) is 117 Å². The maximum absolute atomic E-state index is 12.0. The molecule has 0 aliphatic carbocycles. The van der Waals surface area contributed by atoms with Gasteiger partial charge in [0.1, 0.15) is 12.3 Å². The summed E-state index contributed by atoms with van der Waals surface area (Å²) in [5, 5.41) is 21.5. The summed E-state index contributed by atoms with van der Waals surface area (Å²) in [4.78, 5) is 21.9. The van der Waals surface area contributed by atoms with Crippen LogP contribution in [0.2, 0.25) is 5.02 Å². The molecule has 0 atom stereocenters. The van der Waals surface area contributed by atoms with E-state index in [-0.39, 0.29) is 19.1 Å². The van der Waals surface area contributed by atoms with Gasteiger partial charge in [-0.2, -0.15) is 9.78 Å². The summed E-state index contributed by atoms with van der Waals surface area (Å²) >= 11 is 5.88. The largest absolute Gasteiger partial charge is 0.471 e. The number of carbonyl (C=O) groups is 1. The first-order valence-corrected chi connectivity index (χ1v) is 7.76. The SMILES string of the molecule is O=C(Cn1ccc([N+](=O)[O-])n1)Nc1cnn(COc2cccc(Cl)c2)c1. The molecule has 0 bridgehead atoms. The van der Waals surface area contributed by atoms with Crippen molar-refractivity contribution in [3.63, 3.8) is 0 Å². The number of anilines is 1. The number of hydrogen-bond donors (Lipinski definition) is 1. The predicted octanol–water partition coefficient (Wildman–Crippen LogP) is 2.32. The fraction of sp³-hybridized carbons (Fsp3) is 0.133. The molecule has 0 unspecified atom stereocenters. The number of benzene rings is 1. The maximum atomic E-state index is 12.0.